The van der Waals surface area contributed by atoms with Crippen LogP contribution in [-0.2, 0) is 0 Å². The lowest BCUT2D eigenvalue weighted by Crippen LogP contribution is -2.45. The van der Waals surface area contributed by atoms with E-state index in [1.165, 1.54) is 109 Å². The van der Waals surface area contributed by atoms with E-state index in [4.69, 9.17) is 0 Å². The topological polar surface area (TPSA) is 0 Å². The first-order valence-corrected chi connectivity index (χ1v) is 23.4. The second-order valence-corrected chi connectivity index (χ2v) is 21.2. The summed E-state index contributed by atoms with van der Waals surface area (Å²) in [4.78, 5) is 0. The molecule has 0 aromatic carbocycles. The Bertz CT molecular complexity index is 1010. The predicted octanol–water partition coefficient (Wildman–Crippen LogP) is 15.5. The van der Waals surface area contributed by atoms with Crippen molar-refractivity contribution in [1.82, 2.24) is 0 Å². The van der Waals surface area contributed by atoms with Crippen LogP contribution in [0, 0.1) is 69.0 Å². The van der Waals surface area contributed by atoms with Crippen molar-refractivity contribution in [3.05, 3.63) is 0 Å². The van der Waals surface area contributed by atoms with E-state index in [0.29, 0.717) is 10.8 Å². The highest BCUT2D eigenvalue weighted by Crippen LogP contribution is 2.89. The molecule has 48 heavy (non-hydrogen) atoms. The molecule has 0 radical (unpaired) electrons. The van der Waals surface area contributed by atoms with Gasteiger partial charge in [-0.15, -0.1) is 0 Å². The maximum atomic E-state index is 2.89. The van der Waals surface area contributed by atoms with Crippen molar-refractivity contribution in [2.24, 2.45) is 69.0 Å². The van der Waals surface area contributed by atoms with Gasteiger partial charge in [-0.3, -0.25) is 0 Å². The molecule has 7 aliphatic rings. The Hall–Kier alpha value is 0. The van der Waals surface area contributed by atoms with Gasteiger partial charge in [-0.2, -0.15) is 0 Å². The summed E-state index contributed by atoms with van der Waals surface area (Å²) >= 11 is 0. The zero-order valence-corrected chi connectivity index (χ0v) is 33.2. The molecule has 12 atom stereocenters. The summed E-state index contributed by atoms with van der Waals surface area (Å²) in [5, 5.41) is 0. The molecule has 0 saturated heterocycles. The van der Waals surface area contributed by atoms with Gasteiger partial charge in [-0.05, 0) is 140 Å². The number of hydrogen-bond acceptors (Lipinski definition) is 0. The highest BCUT2D eigenvalue weighted by molar-refractivity contribution is 5.30. The first kappa shape index (κ1) is 36.4. The molecule has 7 rings (SSSR count). The molecule has 0 N–H and O–H groups in total. The van der Waals surface area contributed by atoms with Crippen LogP contribution in [0.25, 0.3) is 0 Å². The lowest BCUT2D eigenvalue weighted by atomic mass is 9.52. The third kappa shape index (κ3) is 6.80. The largest absolute Gasteiger partial charge is 0.0654 e. The highest BCUT2D eigenvalue weighted by atomic mass is 14.9. The molecule has 276 valence electrons. The molecular formula is C48H84. The lowest BCUT2D eigenvalue weighted by molar-refractivity contribution is -0.0386. The Morgan fingerprint density at radius 1 is 0.542 bits per heavy atom. The lowest BCUT2D eigenvalue weighted by Gasteiger charge is -2.52. The van der Waals surface area contributed by atoms with E-state index in [9.17, 15) is 0 Å². The summed E-state index contributed by atoms with van der Waals surface area (Å²) in [6.45, 7) is 10.5. The van der Waals surface area contributed by atoms with Crippen LogP contribution in [0.5, 0.6) is 0 Å². The number of unbranched alkanes of at least 4 members (excludes halogenated alkanes) is 16. The predicted molar refractivity (Wildman–Crippen MR) is 208 cm³/mol. The minimum Gasteiger partial charge on any atom is -0.0654 e. The summed E-state index contributed by atoms with van der Waals surface area (Å²) in [5.74, 6) is 8.75. The summed E-state index contributed by atoms with van der Waals surface area (Å²) in [6.07, 6.45) is 49.4. The van der Waals surface area contributed by atoms with Gasteiger partial charge in [-0.1, -0.05) is 163 Å². The Morgan fingerprint density at radius 2 is 1.17 bits per heavy atom. The molecule has 0 aromatic rings. The second kappa shape index (κ2) is 15.5. The van der Waals surface area contributed by atoms with Gasteiger partial charge in [0.25, 0.3) is 0 Å². The fraction of sp³-hybridized carbons (Fsp3) is 1.00. The third-order valence-electron chi connectivity index (χ3n) is 18.5. The summed E-state index contributed by atoms with van der Waals surface area (Å²) in [7, 11) is 0. The average molecular weight is 661 g/mol. The first-order valence-electron chi connectivity index (χ1n) is 23.4. The Morgan fingerprint density at radius 3 is 1.73 bits per heavy atom. The molecule has 0 heteroatoms. The number of fused-ring (bicyclic) bond motifs is 6. The molecule has 7 saturated carbocycles. The molecule has 7 fully saturated rings. The quantitative estimate of drug-likeness (QED) is 0.107. The van der Waals surface area contributed by atoms with Crippen molar-refractivity contribution in [1.29, 1.82) is 0 Å². The Kier molecular flexibility index (Phi) is 11.8. The van der Waals surface area contributed by atoms with Crippen molar-refractivity contribution < 1.29 is 0 Å². The number of rotatable bonds is 21. The van der Waals surface area contributed by atoms with Gasteiger partial charge >= 0.3 is 0 Å². The van der Waals surface area contributed by atoms with Crippen molar-refractivity contribution in [3.8, 4) is 0 Å². The molecule has 0 nitrogen and oxygen atoms in total. The van der Waals surface area contributed by atoms with Crippen LogP contribution >= 0.6 is 0 Å². The van der Waals surface area contributed by atoms with Crippen LogP contribution in [0.1, 0.15) is 233 Å². The maximum absolute atomic E-state index is 2.89. The fourth-order valence-electron chi connectivity index (χ4n) is 16.1. The van der Waals surface area contributed by atoms with Crippen molar-refractivity contribution in [3.63, 3.8) is 0 Å². The smallest absolute Gasteiger partial charge is 0.0181 e. The van der Waals surface area contributed by atoms with Crippen LogP contribution in [-0.4, -0.2) is 0 Å². The van der Waals surface area contributed by atoms with Crippen LogP contribution in [0.15, 0.2) is 0 Å². The molecular weight excluding hydrogens is 577 g/mol. The number of hydrogen-bond donors (Lipinski definition) is 0. The van der Waals surface area contributed by atoms with Gasteiger partial charge in [0.15, 0.2) is 0 Å². The van der Waals surface area contributed by atoms with E-state index in [1.54, 1.807) is 96.3 Å². The average Bonchev–Trinajstić information content (AvgIpc) is 3.36. The van der Waals surface area contributed by atoms with Crippen LogP contribution in [0.4, 0.5) is 0 Å². The summed E-state index contributed by atoms with van der Waals surface area (Å²) in [6, 6.07) is 0. The summed E-state index contributed by atoms with van der Waals surface area (Å²) < 4.78 is 0. The van der Waals surface area contributed by atoms with Gasteiger partial charge in [0.2, 0.25) is 0 Å². The van der Waals surface area contributed by atoms with Crippen molar-refractivity contribution in [2.75, 3.05) is 0 Å². The van der Waals surface area contributed by atoms with Crippen molar-refractivity contribution in [2.45, 2.75) is 233 Å². The van der Waals surface area contributed by atoms with Gasteiger partial charge in [0, 0.05) is 0 Å². The molecule has 2 spiro atoms. The zero-order valence-electron chi connectivity index (χ0n) is 33.2. The van der Waals surface area contributed by atoms with Crippen LogP contribution in [0.3, 0.4) is 0 Å². The molecule has 0 amide bonds. The second-order valence-electron chi connectivity index (χ2n) is 21.2. The minimum absolute atomic E-state index is 0.651. The van der Waals surface area contributed by atoms with E-state index < -0.39 is 0 Å². The van der Waals surface area contributed by atoms with E-state index in [2.05, 4.69) is 27.7 Å². The summed E-state index contributed by atoms with van der Waals surface area (Å²) in [5.41, 5.74) is 2.95. The molecule has 2 bridgehead atoms. The molecule has 0 aliphatic heterocycles. The van der Waals surface area contributed by atoms with Crippen molar-refractivity contribution >= 4 is 0 Å². The Labute approximate surface area is 301 Å². The van der Waals surface area contributed by atoms with Gasteiger partial charge in [0.1, 0.15) is 0 Å². The first-order chi connectivity index (χ1) is 23.4. The van der Waals surface area contributed by atoms with Gasteiger partial charge in [-0.25, -0.2) is 0 Å². The van der Waals surface area contributed by atoms with E-state index in [-0.39, 0.29) is 0 Å². The van der Waals surface area contributed by atoms with Crippen LogP contribution in [0.2, 0.25) is 0 Å². The maximum Gasteiger partial charge on any atom is -0.0181 e. The monoisotopic (exact) mass is 661 g/mol. The van der Waals surface area contributed by atoms with E-state index in [1.807, 2.05) is 0 Å². The molecule has 12 unspecified atom stereocenters. The molecule has 0 aromatic heterocycles. The van der Waals surface area contributed by atoms with Crippen LogP contribution < -0.4 is 0 Å². The zero-order chi connectivity index (χ0) is 33.2. The molecule has 0 heterocycles. The Balaban J connectivity index is 0.784. The van der Waals surface area contributed by atoms with Gasteiger partial charge < -0.3 is 0 Å². The minimum atomic E-state index is 0.651. The van der Waals surface area contributed by atoms with E-state index in [0.717, 1.165) is 58.2 Å². The normalized spacial score (nSPS) is 45.5. The van der Waals surface area contributed by atoms with Gasteiger partial charge in [0.05, 0.1) is 0 Å². The van der Waals surface area contributed by atoms with E-state index >= 15 is 0 Å². The highest BCUT2D eigenvalue weighted by Gasteiger charge is 2.81. The fourth-order valence-corrected chi connectivity index (χ4v) is 16.1. The molecule has 7 aliphatic carbocycles. The third-order valence-corrected chi connectivity index (χ3v) is 18.5. The standard InChI is InChI=1S/C48H84/c1-5-6-7-8-9-10-11-12-13-14-15-16-17-18-19-20-21-22-39-23-24-40(31-39)34-45(4)29-30-47(48(45)28-27-37(2)32-48)36-44(47)46-33-38(3)42(35-46)41-25-26-43(41)46/h37-44H,5-36H2,1-4H3. The SMILES string of the molecule is CCCCCCCCCCCCCCCCCCCC1CCC(CC2(C)CCC3(CC3C34CC(C)C(C3)C3CCC34)C23CCC(C)C3)C1.